The first kappa shape index (κ1) is 22.9. The van der Waals surface area contributed by atoms with E-state index in [4.69, 9.17) is 15.0 Å². The fourth-order valence-corrected chi connectivity index (χ4v) is 0. The van der Waals surface area contributed by atoms with Gasteiger partial charge in [-0.2, -0.15) is 0 Å². The maximum Gasteiger partial charge on any atom is 2.00 e. The molecule has 0 aromatic heterocycles. The summed E-state index contributed by atoms with van der Waals surface area (Å²) in [6.07, 6.45) is -2.33. The predicted molar refractivity (Wildman–Crippen MR) is 17.6 cm³/mol. The van der Waals surface area contributed by atoms with Crippen molar-refractivity contribution in [3.05, 3.63) is 0 Å². The Bertz CT molecular complexity index is 32.7. The van der Waals surface area contributed by atoms with Gasteiger partial charge in [-0.3, -0.25) is 0 Å². The number of carboxylic acid groups (broad SMARTS) is 2. The van der Waals surface area contributed by atoms with E-state index >= 15 is 0 Å². The van der Waals surface area contributed by atoms with Gasteiger partial charge in [-0.15, -0.1) is 0 Å². The van der Waals surface area contributed by atoms with Gasteiger partial charge >= 0.3 is 91.0 Å². The summed E-state index contributed by atoms with van der Waals surface area (Å²) in [6, 6.07) is 0. The third-order valence-corrected chi connectivity index (χ3v) is 0. The number of carbonyl (C=O) groups is 1. The first-order valence-electron chi connectivity index (χ1n) is 0.612. The molecule has 0 aliphatic heterocycles. The Morgan fingerprint density at radius 3 is 1.14 bits per heavy atom. The van der Waals surface area contributed by atoms with Crippen molar-refractivity contribution in [2.75, 3.05) is 0 Å². The van der Waals surface area contributed by atoms with E-state index in [1.807, 2.05) is 0 Å². The van der Waals surface area contributed by atoms with Crippen LogP contribution in [0.4, 0.5) is 4.79 Å². The molecular formula is CO4Sr2. The van der Waals surface area contributed by atoms with Gasteiger partial charge in [-0.05, 0) is 6.16 Å². The minimum absolute atomic E-state index is 0. The zero-order chi connectivity index (χ0) is 3.58. The van der Waals surface area contributed by atoms with E-state index in [0.29, 0.717) is 0 Å². The van der Waals surface area contributed by atoms with E-state index in [9.17, 15) is 0 Å². The van der Waals surface area contributed by atoms with Crippen LogP contribution in [0.25, 0.3) is 0 Å². The summed E-state index contributed by atoms with van der Waals surface area (Å²) >= 11 is 0. The zero-order valence-corrected chi connectivity index (χ0v) is 10.5. The van der Waals surface area contributed by atoms with Crippen LogP contribution in [0.15, 0.2) is 0 Å². The summed E-state index contributed by atoms with van der Waals surface area (Å²) in [5.74, 6) is 0. The van der Waals surface area contributed by atoms with E-state index < -0.39 is 6.16 Å². The van der Waals surface area contributed by atoms with Gasteiger partial charge in [-0.1, -0.05) is 0 Å². The van der Waals surface area contributed by atoms with E-state index in [0.717, 1.165) is 0 Å². The molecule has 0 saturated carbocycles. The van der Waals surface area contributed by atoms with Crippen LogP contribution in [0, 0.1) is 0 Å². The maximum atomic E-state index is 8.33. The number of hydrogen-bond donors (Lipinski definition) is 0. The molecule has 0 aliphatic rings. The number of hydrogen-bond acceptors (Lipinski definition) is 3. The molecule has 0 saturated heterocycles. The maximum absolute atomic E-state index is 8.33. The number of rotatable bonds is 0. The van der Waals surface area contributed by atoms with Crippen LogP contribution in [0.1, 0.15) is 0 Å². The second-order valence-electron chi connectivity index (χ2n) is 0.250. The van der Waals surface area contributed by atoms with Crippen LogP contribution in [0.3, 0.4) is 0 Å². The molecule has 0 atom stereocenters. The van der Waals surface area contributed by atoms with Crippen LogP contribution >= 0.6 is 0 Å². The molecule has 6 heteroatoms. The fraction of sp³-hybridized carbons (Fsp3) is 0. The Hall–Kier alpha value is 2.19. The van der Waals surface area contributed by atoms with E-state index in [-0.39, 0.29) is 96.4 Å². The zero-order valence-electron chi connectivity index (χ0n) is 3.55. The molecule has 4 nitrogen and oxygen atoms in total. The van der Waals surface area contributed by atoms with Gasteiger partial charge in [0.1, 0.15) is 0 Å². The van der Waals surface area contributed by atoms with E-state index in [1.54, 1.807) is 0 Å². The van der Waals surface area contributed by atoms with Gasteiger partial charge in [0.2, 0.25) is 0 Å². The second-order valence-corrected chi connectivity index (χ2v) is 0.250. The minimum atomic E-state index is -2.33. The van der Waals surface area contributed by atoms with Gasteiger partial charge in [0.25, 0.3) is 0 Å². The smallest absolute Gasteiger partial charge is 2.00 e. The molecule has 0 bridgehead atoms. The van der Waals surface area contributed by atoms with Crippen LogP contribution in [0.2, 0.25) is 0 Å². The summed E-state index contributed by atoms with van der Waals surface area (Å²) in [4.78, 5) is 8.33. The fourth-order valence-electron chi connectivity index (χ4n) is 0. The van der Waals surface area contributed by atoms with Gasteiger partial charge in [0.05, 0.1) is 0 Å². The molecule has 0 aromatic carbocycles. The molecule has 0 heterocycles. The molecule has 0 amide bonds. The van der Waals surface area contributed by atoms with Crippen molar-refractivity contribution in [1.82, 2.24) is 0 Å². The van der Waals surface area contributed by atoms with Crippen LogP contribution in [-0.2, 0) is 5.48 Å². The average molecular weight is 251 g/mol. The summed E-state index contributed by atoms with van der Waals surface area (Å²) in [5, 5.41) is 16.7. The Kier molecular flexibility index (Phi) is 51.4. The second kappa shape index (κ2) is 15.7. The normalized spacial score (nSPS) is 3.43. The summed E-state index contributed by atoms with van der Waals surface area (Å²) in [7, 11) is 0. The standard InChI is InChI=1S/CH2O3.O.2Sr/c2-1(3)4;;;/h(H2,2,3,4);;;/q;-2;2*+2/p-2. The molecule has 0 spiro atoms. The molecule has 0 fully saturated rings. The molecule has 0 rings (SSSR count). The van der Waals surface area contributed by atoms with E-state index in [2.05, 4.69) is 0 Å². The van der Waals surface area contributed by atoms with E-state index in [1.165, 1.54) is 0 Å². The molecule has 0 aliphatic carbocycles. The summed E-state index contributed by atoms with van der Waals surface area (Å²) in [5.41, 5.74) is 0. The van der Waals surface area contributed by atoms with Crippen molar-refractivity contribution in [2.24, 2.45) is 0 Å². The molecule has 32 valence electrons. The van der Waals surface area contributed by atoms with Gasteiger partial charge in [0, 0.05) is 0 Å². The third-order valence-electron chi connectivity index (χ3n) is 0. The first-order chi connectivity index (χ1) is 1.73. The summed E-state index contributed by atoms with van der Waals surface area (Å²) in [6.45, 7) is 0. The van der Waals surface area contributed by atoms with Crippen molar-refractivity contribution in [3.8, 4) is 0 Å². The summed E-state index contributed by atoms with van der Waals surface area (Å²) < 4.78 is 0. The van der Waals surface area contributed by atoms with Gasteiger partial charge < -0.3 is 20.5 Å². The van der Waals surface area contributed by atoms with Crippen LogP contribution in [-0.4, -0.2) is 97.1 Å². The third kappa shape index (κ3) is 65.4. The van der Waals surface area contributed by atoms with Crippen molar-refractivity contribution in [2.45, 2.75) is 0 Å². The first-order valence-corrected chi connectivity index (χ1v) is 0.612. The van der Waals surface area contributed by atoms with Crippen LogP contribution in [0.5, 0.6) is 0 Å². The Morgan fingerprint density at radius 1 is 1.14 bits per heavy atom. The van der Waals surface area contributed by atoms with Crippen molar-refractivity contribution in [1.29, 1.82) is 0 Å². The number of carbonyl (C=O) groups excluding carboxylic acids is 1. The molecule has 0 N–H and O–H groups in total. The monoisotopic (exact) mass is 252 g/mol. The largest absolute Gasteiger partial charge is 2.00 e. The topological polar surface area (TPSA) is 91.7 Å². The quantitative estimate of drug-likeness (QED) is 0.422. The Balaban J connectivity index is -0.0000000150. The van der Waals surface area contributed by atoms with Gasteiger partial charge in [-0.25, -0.2) is 0 Å². The predicted octanol–water partition coefficient (Wildman–Crippen LogP) is -3.33. The SMILES string of the molecule is O=C([O-])[O-].[O-2].[Sr+2].[Sr+2]. The van der Waals surface area contributed by atoms with Crippen molar-refractivity contribution < 1.29 is 20.5 Å². The average Bonchev–Trinajstić information content (AvgIpc) is 0.811. The Morgan fingerprint density at radius 2 is 1.14 bits per heavy atom. The van der Waals surface area contributed by atoms with Crippen molar-refractivity contribution >= 4 is 97.1 Å². The van der Waals surface area contributed by atoms with Crippen LogP contribution < -0.4 is 10.2 Å². The van der Waals surface area contributed by atoms with Gasteiger partial charge in [0.15, 0.2) is 0 Å². The molecule has 7 heavy (non-hydrogen) atoms. The molecule has 0 radical (unpaired) electrons. The van der Waals surface area contributed by atoms with Crippen molar-refractivity contribution in [3.63, 3.8) is 0 Å². The molecule has 0 aromatic rings. The Labute approximate surface area is 115 Å². The minimum Gasteiger partial charge on any atom is -2.00 e. The molecular weight excluding hydrogens is 251 g/mol. The molecule has 0 unspecified atom stereocenters.